The van der Waals surface area contributed by atoms with Gasteiger partial charge in [0.2, 0.25) is 11.8 Å². The summed E-state index contributed by atoms with van der Waals surface area (Å²) in [6.45, 7) is -0.935. The zero-order valence-corrected chi connectivity index (χ0v) is 28.6. The molecule has 0 heterocycles. The first kappa shape index (κ1) is 35.4. The molecule has 1 aliphatic carbocycles. The van der Waals surface area contributed by atoms with Gasteiger partial charge in [0.15, 0.2) is 11.5 Å². The fourth-order valence-electron chi connectivity index (χ4n) is 6.14. The van der Waals surface area contributed by atoms with Gasteiger partial charge in [-0.25, -0.2) is 12.8 Å². The number of anilines is 1. The molecule has 0 aliphatic heterocycles. The van der Waals surface area contributed by atoms with Gasteiger partial charge in [-0.1, -0.05) is 86.0 Å². The Morgan fingerprint density at radius 2 is 1.47 bits per heavy atom. The van der Waals surface area contributed by atoms with Gasteiger partial charge in [0.25, 0.3) is 10.0 Å². The molecule has 0 saturated heterocycles. The second-order valence-electron chi connectivity index (χ2n) is 12.0. The third-order valence-corrected chi connectivity index (χ3v) is 10.6. The smallest absolute Gasteiger partial charge is 0.264 e. The molecule has 9 nitrogen and oxygen atoms in total. The minimum Gasteiger partial charge on any atom is -0.493 e. The van der Waals surface area contributed by atoms with Gasteiger partial charge in [0, 0.05) is 30.6 Å². The Kier molecular flexibility index (Phi) is 11.9. The van der Waals surface area contributed by atoms with Gasteiger partial charge in [-0.15, -0.1) is 0 Å². The number of nitrogens with one attached hydrogen (secondary N) is 1. The van der Waals surface area contributed by atoms with Gasteiger partial charge in [-0.3, -0.25) is 13.9 Å². The number of hydrogen-bond acceptors (Lipinski definition) is 6. The van der Waals surface area contributed by atoms with E-state index in [9.17, 15) is 18.0 Å². The molecule has 1 fully saturated rings. The van der Waals surface area contributed by atoms with Crippen LogP contribution in [0.25, 0.3) is 0 Å². The first-order chi connectivity index (χ1) is 23.7. The number of amides is 2. The zero-order chi connectivity index (χ0) is 34.8. The molecule has 49 heavy (non-hydrogen) atoms. The summed E-state index contributed by atoms with van der Waals surface area (Å²) in [5, 5.41) is 3.15. The molecule has 1 unspecified atom stereocenters. The van der Waals surface area contributed by atoms with E-state index in [1.807, 2.05) is 30.3 Å². The van der Waals surface area contributed by atoms with E-state index in [1.165, 1.54) is 49.5 Å². The first-order valence-electron chi connectivity index (χ1n) is 16.4. The number of carbonyl (C=O) groups is 2. The molecule has 0 bridgehead atoms. The summed E-state index contributed by atoms with van der Waals surface area (Å²) in [6, 6.07) is 26.5. The van der Waals surface area contributed by atoms with E-state index in [2.05, 4.69) is 5.32 Å². The fraction of sp³-hybridized carbons (Fsp3) is 0.316. The standard InChI is InChI=1S/C38H42FN3O6S/c1-47-35-23-22-31(25-36(35)48-2)42(49(45,46)32-19-10-5-11-20-32)27-37(43)41(26-29-16-12-13-21-33(29)39)34(24-28-14-6-3-7-15-28)38(44)40-30-17-8-4-9-18-30/h3,5-7,10-16,19-23,25,30,34H,4,8-9,17-18,24,26-27H2,1-2H3,(H,40,44). The molecule has 0 spiro atoms. The van der Waals surface area contributed by atoms with Crippen molar-refractivity contribution in [2.45, 2.75) is 62.0 Å². The molecule has 2 amide bonds. The molecule has 1 saturated carbocycles. The van der Waals surface area contributed by atoms with Crippen LogP contribution < -0.4 is 19.1 Å². The van der Waals surface area contributed by atoms with Crippen LogP contribution in [0.5, 0.6) is 11.5 Å². The highest BCUT2D eigenvalue weighted by molar-refractivity contribution is 7.92. The summed E-state index contributed by atoms with van der Waals surface area (Å²) in [7, 11) is -1.43. The Balaban J connectivity index is 1.59. The maximum absolute atomic E-state index is 15.2. The highest BCUT2D eigenvalue weighted by Crippen LogP contribution is 2.34. The number of benzene rings is 4. The number of hydrogen-bond donors (Lipinski definition) is 1. The molecule has 4 aromatic carbocycles. The summed E-state index contributed by atoms with van der Waals surface area (Å²) < 4.78 is 55.5. The minimum atomic E-state index is -4.32. The zero-order valence-electron chi connectivity index (χ0n) is 27.8. The molecule has 258 valence electrons. The van der Waals surface area contributed by atoms with Gasteiger partial charge in [-0.2, -0.15) is 0 Å². The van der Waals surface area contributed by atoms with Crippen molar-refractivity contribution in [1.29, 1.82) is 0 Å². The quantitative estimate of drug-likeness (QED) is 0.171. The number of carbonyl (C=O) groups excluding carboxylic acids is 2. The van der Waals surface area contributed by atoms with E-state index in [4.69, 9.17) is 9.47 Å². The van der Waals surface area contributed by atoms with Gasteiger partial charge >= 0.3 is 0 Å². The van der Waals surface area contributed by atoms with Crippen molar-refractivity contribution in [3.05, 3.63) is 120 Å². The van der Waals surface area contributed by atoms with Crippen molar-refractivity contribution < 1.29 is 31.9 Å². The van der Waals surface area contributed by atoms with E-state index in [1.54, 1.807) is 42.5 Å². The average molecular weight is 688 g/mol. The van der Waals surface area contributed by atoms with E-state index in [0.717, 1.165) is 42.0 Å². The largest absolute Gasteiger partial charge is 0.493 e. The second kappa shape index (κ2) is 16.5. The molecule has 4 aromatic rings. The van der Waals surface area contributed by atoms with Crippen LogP contribution in [0, 0.1) is 5.82 Å². The predicted octanol–water partition coefficient (Wildman–Crippen LogP) is 6.13. The monoisotopic (exact) mass is 687 g/mol. The molecule has 0 aromatic heterocycles. The van der Waals surface area contributed by atoms with Crippen LogP contribution in [0.4, 0.5) is 10.1 Å². The van der Waals surface area contributed by atoms with Crippen molar-refractivity contribution in [2.24, 2.45) is 0 Å². The number of halogens is 1. The van der Waals surface area contributed by atoms with Crippen LogP contribution in [-0.2, 0) is 32.6 Å². The summed E-state index contributed by atoms with van der Waals surface area (Å²) in [5.41, 5.74) is 1.14. The third kappa shape index (κ3) is 8.77. The topological polar surface area (TPSA) is 105 Å². The van der Waals surface area contributed by atoms with E-state index in [-0.39, 0.29) is 46.8 Å². The summed E-state index contributed by atoms with van der Waals surface area (Å²) in [6.07, 6.45) is 4.87. The van der Waals surface area contributed by atoms with Gasteiger partial charge in [-0.05, 0) is 48.7 Å². The maximum atomic E-state index is 15.2. The molecule has 11 heteroatoms. The fourth-order valence-corrected chi connectivity index (χ4v) is 7.56. The lowest BCUT2D eigenvalue weighted by Crippen LogP contribution is -2.55. The number of sulfonamides is 1. The Morgan fingerprint density at radius 1 is 0.837 bits per heavy atom. The van der Waals surface area contributed by atoms with Crippen LogP contribution >= 0.6 is 0 Å². The summed E-state index contributed by atoms with van der Waals surface area (Å²) in [5.74, 6) is -0.961. The van der Waals surface area contributed by atoms with E-state index >= 15 is 4.39 Å². The van der Waals surface area contributed by atoms with Crippen LogP contribution in [0.1, 0.15) is 43.2 Å². The van der Waals surface area contributed by atoms with Crippen LogP contribution in [0.15, 0.2) is 108 Å². The van der Waals surface area contributed by atoms with Gasteiger partial charge in [0.05, 0.1) is 24.8 Å². The Morgan fingerprint density at radius 3 is 2.12 bits per heavy atom. The summed E-state index contributed by atoms with van der Waals surface area (Å²) >= 11 is 0. The molecule has 0 radical (unpaired) electrons. The highest BCUT2D eigenvalue weighted by atomic mass is 32.2. The van der Waals surface area contributed by atoms with Crippen molar-refractivity contribution >= 4 is 27.5 Å². The number of rotatable bonds is 14. The molecule has 1 aliphatic rings. The number of ether oxygens (including phenoxy) is 2. The van der Waals surface area contributed by atoms with Crippen LogP contribution in [0.2, 0.25) is 0 Å². The second-order valence-corrected chi connectivity index (χ2v) is 13.9. The molecular formula is C38H42FN3O6S. The average Bonchev–Trinajstić information content (AvgIpc) is 3.13. The summed E-state index contributed by atoms with van der Waals surface area (Å²) in [4.78, 5) is 30.2. The van der Waals surface area contributed by atoms with Gasteiger partial charge in [0.1, 0.15) is 18.4 Å². The minimum absolute atomic E-state index is 0.0332. The lowest BCUT2D eigenvalue weighted by atomic mass is 9.94. The normalized spacial score (nSPS) is 14.0. The Labute approximate surface area is 287 Å². The lowest BCUT2D eigenvalue weighted by Gasteiger charge is -2.35. The predicted molar refractivity (Wildman–Crippen MR) is 186 cm³/mol. The lowest BCUT2D eigenvalue weighted by molar-refractivity contribution is -0.140. The molecule has 5 rings (SSSR count). The van der Waals surface area contributed by atoms with Crippen LogP contribution in [-0.4, -0.2) is 58.0 Å². The Bertz CT molecular complexity index is 1820. The van der Waals surface area contributed by atoms with E-state index < -0.39 is 34.3 Å². The third-order valence-electron chi connectivity index (χ3n) is 8.79. The van der Waals surface area contributed by atoms with E-state index in [0.29, 0.717) is 5.75 Å². The first-order valence-corrected chi connectivity index (χ1v) is 17.8. The van der Waals surface area contributed by atoms with Gasteiger partial charge < -0.3 is 19.7 Å². The molecule has 1 atom stereocenters. The van der Waals surface area contributed by atoms with Crippen molar-refractivity contribution in [3.63, 3.8) is 0 Å². The van der Waals surface area contributed by atoms with Crippen molar-refractivity contribution in [3.8, 4) is 11.5 Å². The molecule has 1 N–H and O–H groups in total. The van der Waals surface area contributed by atoms with Crippen molar-refractivity contribution in [2.75, 3.05) is 25.1 Å². The number of nitrogens with zero attached hydrogens (tertiary/aromatic N) is 2. The SMILES string of the molecule is COc1ccc(N(CC(=O)N(Cc2ccccc2F)C(Cc2ccccc2)C(=O)NC2CCCCC2)S(=O)(=O)c2ccccc2)cc1OC. The number of methoxy groups -OCH3 is 2. The molecular weight excluding hydrogens is 645 g/mol. The Hall–Kier alpha value is -4.90. The maximum Gasteiger partial charge on any atom is 0.264 e. The van der Waals surface area contributed by atoms with Crippen LogP contribution in [0.3, 0.4) is 0 Å². The highest BCUT2D eigenvalue weighted by Gasteiger charge is 2.36. The van der Waals surface area contributed by atoms with Crippen molar-refractivity contribution in [1.82, 2.24) is 10.2 Å².